The van der Waals surface area contributed by atoms with E-state index in [0.717, 1.165) is 10.2 Å². The lowest BCUT2D eigenvalue weighted by molar-refractivity contribution is -0.143. The van der Waals surface area contributed by atoms with E-state index in [-0.39, 0.29) is 5.92 Å². The van der Waals surface area contributed by atoms with E-state index in [1.807, 2.05) is 38.1 Å². The van der Waals surface area contributed by atoms with E-state index in [9.17, 15) is 9.90 Å². The number of hydrogen-bond donors (Lipinski definition) is 2. The van der Waals surface area contributed by atoms with Crippen molar-refractivity contribution >= 4 is 27.6 Å². The number of carboxylic acid groups (broad SMARTS) is 1. The molecule has 0 aliphatic carbocycles. The van der Waals surface area contributed by atoms with E-state index >= 15 is 0 Å². The molecule has 2 N–H and O–H groups in total. The van der Waals surface area contributed by atoms with Gasteiger partial charge in [-0.3, -0.25) is 0 Å². The number of carbonyl (C=O) groups is 1. The Morgan fingerprint density at radius 3 is 2.56 bits per heavy atom. The Morgan fingerprint density at radius 2 is 2.12 bits per heavy atom. The van der Waals surface area contributed by atoms with Gasteiger partial charge in [-0.1, -0.05) is 35.8 Å². The second-order valence-corrected chi connectivity index (χ2v) is 5.21. The molecule has 0 saturated heterocycles. The van der Waals surface area contributed by atoms with Crippen molar-refractivity contribution in [3.8, 4) is 0 Å². The van der Waals surface area contributed by atoms with Gasteiger partial charge in [0.15, 0.2) is 0 Å². The van der Waals surface area contributed by atoms with Crippen LogP contribution in [0.5, 0.6) is 0 Å². The number of aliphatic carboxylic acids is 1. The molecule has 1 aromatic carbocycles. The summed E-state index contributed by atoms with van der Waals surface area (Å²) in [5.41, 5.74) is -0.158. The molecule has 0 saturated carbocycles. The molecule has 16 heavy (non-hydrogen) atoms. The standard InChI is InChI=1S/C12H16BrNO2/c1-8(2)12(3,11(15)16)14-10-6-4-5-9(13)7-10/h4-8,14H,1-3H3,(H,15,16). The second kappa shape index (κ2) is 4.87. The minimum absolute atomic E-state index is 0.0102. The Morgan fingerprint density at radius 1 is 1.50 bits per heavy atom. The number of anilines is 1. The van der Waals surface area contributed by atoms with Gasteiger partial charge in [0.25, 0.3) is 0 Å². The van der Waals surface area contributed by atoms with Gasteiger partial charge in [0.05, 0.1) is 0 Å². The predicted octanol–water partition coefficient (Wildman–Crippen LogP) is 3.36. The van der Waals surface area contributed by atoms with Crippen LogP contribution in [-0.4, -0.2) is 16.6 Å². The van der Waals surface area contributed by atoms with Crippen LogP contribution in [0.2, 0.25) is 0 Å². The monoisotopic (exact) mass is 285 g/mol. The fraction of sp³-hybridized carbons (Fsp3) is 0.417. The first-order valence-electron chi connectivity index (χ1n) is 5.13. The van der Waals surface area contributed by atoms with Crippen molar-refractivity contribution in [2.45, 2.75) is 26.3 Å². The molecule has 0 radical (unpaired) electrons. The summed E-state index contributed by atoms with van der Waals surface area (Å²) in [6, 6.07) is 7.49. The lowest BCUT2D eigenvalue weighted by Gasteiger charge is -2.31. The van der Waals surface area contributed by atoms with Crippen LogP contribution in [0.3, 0.4) is 0 Å². The van der Waals surface area contributed by atoms with Crippen molar-refractivity contribution in [2.75, 3.05) is 5.32 Å². The first-order valence-corrected chi connectivity index (χ1v) is 5.92. The summed E-state index contributed by atoms with van der Waals surface area (Å²) < 4.78 is 0.925. The maximum atomic E-state index is 11.3. The predicted molar refractivity (Wildman–Crippen MR) is 68.6 cm³/mol. The molecule has 0 bridgehead atoms. The van der Waals surface area contributed by atoms with Gasteiger partial charge < -0.3 is 10.4 Å². The largest absolute Gasteiger partial charge is 0.480 e. The molecule has 1 aromatic rings. The molecule has 1 atom stereocenters. The first kappa shape index (κ1) is 13.0. The summed E-state index contributed by atoms with van der Waals surface area (Å²) in [6.45, 7) is 5.47. The number of hydrogen-bond acceptors (Lipinski definition) is 2. The maximum Gasteiger partial charge on any atom is 0.329 e. The fourth-order valence-corrected chi connectivity index (χ4v) is 1.71. The van der Waals surface area contributed by atoms with Gasteiger partial charge in [0.1, 0.15) is 5.54 Å². The van der Waals surface area contributed by atoms with Crippen molar-refractivity contribution < 1.29 is 9.90 Å². The molecule has 0 spiro atoms. The Hall–Kier alpha value is -1.03. The fourth-order valence-electron chi connectivity index (χ4n) is 1.31. The van der Waals surface area contributed by atoms with Crippen LogP contribution >= 0.6 is 15.9 Å². The summed E-state index contributed by atoms with van der Waals surface area (Å²) in [5.74, 6) is -0.855. The Balaban J connectivity index is 2.97. The van der Waals surface area contributed by atoms with Crippen LogP contribution in [-0.2, 0) is 4.79 Å². The van der Waals surface area contributed by atoms with Crippen molar-refractivity contribution in [2.24, 2.45) is 5.92 Å². The average Bonchev–Trinajstić information content (AvgIpc) is 2.16. The van der Waals surface area contributed by atoms with Crippen molar-refractivity contribution in [1.29, 1.82) is 0 Å². The van der Waals surface area contributed by atoms with E-state index in [1.54, 1.807) is 6.92 Å². The van der Waals surface area contributed by atoms with Gasteiger partial charge in [0, 0.05) is 10.2 Å². The third kappa shape index (κ3) is 2.76. The molecule has 88 valence electrons. The van der Waals surface area contributed by atoms with Gasteiger partial charge in [-0.25, -0.2) is 4.79 Å². The SMILES string of the molecule is CC(C)C(C)(Nc1cccc(Br)c1)C(=O)O. The summed E-state index contributed by atoms with van der Waals surface area (Å²) >= 11 is 3.36. The number of halogens is 1. The number of benzene rings is 1. The highest BCUT2D eigenvalue weighted by molar-refractivity contribution is 9.10. The highest BCUT2D eigenvalue weighted by Gasteiger charge is 2.36. The van der Waals surface area contributed by atoms with Gasteiger partial charge in [-0.05, 0) is 31.0 Å². The van der Waals surface area contributed by atoms with Crippen LogP contribution in [0.25, 0.3) is 0 Å². The molecular formula is C12H16BrNO2. The molecule has 3 nitrogen and oxygen atoms in total. The zero-order chi connectivity index (χ0) is 12.3. The van der Waals surface area contributed by atoms with E-state index in [0.29, 0.717) is 0 Å². The van der Waals surface area contributed by atoms with Crippen LogP contribution in [0.15, 0.2) is 28.7 Å². The molecule has 4 heteroatoms. The number of carboxylic acids is 1. The smallest absolute Gasteiger partial charge is 0.329 e. The molecule has 0 aromatic heterocycles. The Labute approximate surface area is 104 Å². The summed E-state index contributed by atoms with van der Waals surface area (Å²) in [7, 11) is 0. The minimum atomic E-state index is -0.958. The lowest BCUT2D eigenvalue weighted by Crippen LogP contribution is -2.48. The summed E-state index contributed by atoms with van der Waals surface area (Å²) in [6.07, 6.45) is 0. The highest BCUT2D eigenvalue weighted by atomic mass is 79.9. The average molecular weight is 286 g/mol. The first-order chi connectivity index (χ1) is 7.36. The van der Waals surface area contributed by atoms with Gasteiger partial charge >= 0.3 is 5.97 Å². The third-order valence-corrected chi connectivity index (χ3v) is 3.32. The molecule has 0 aliphatic heterocycles. The maximum absolute atomic E-state index is 11.3. The van der Waals surface area contributed by atoms with Crippen LogP contribution in [0.1, 0.15) is 20.8 Å². The molecule has 0 heterocycles. The van der Waals surface area contributed by atoms with Gasteiger partial charge in [-0.15, -0.1) is 0 Å². The zero-order valence-corrected chi connectivity index (χ0v) is 11.2. The highest BCUT2D eigenvalue weighted by Crippen LogP contribution is 2.25. The molecule has 0 aliphatic rings. The molecule has 0 fully saturated rings. The van der Waals surface area contributed by atoms with Gasteiger partial charge in [0.2, 0.25) is 0 Å². The van der Waals surface area contributed by atoms with Gasteiger partial charge in [-0.2, -0.15) is 0 Å². The minimum Gasteiger partial charge on any atom is -0.480 e. The van der Waals surface area contributed by atoms with Crippen LogP contribution in [0.4, 0.5) is 5.69 Å². The quantitative estimate of drug-likeness (QED) is 0.892. The van der Waals surface area contributed by atoms with Crippen molar-refractivity contribution in [3.05, 3.63) is 28.7 Å². The van der Waals surface area contributed by atoms with E-state index in [4.69, 9.17) is 0 Å². The van der Waals surface area contributed by atoms with Crippen molar-refractivity contribution in [1.82, 2.24) is 0 Å². The Bertz CT molecular complexity index is 392. The van der Waals surface area contributed by atoms with E-state index in [2.05, 4.69) is 21.2 Å². The van der Waals surface area contributed by atoms with E-state index < -0.39 is 11.5 Å². The number of rotatable bonds is 4. The molecule has 0 amide bonds. The van der Waals surface area contributed by atoms with Crippen molar-refractivity contribution in [3.63, 3.8) is 0 Å². The number of nitrogens with one attached hydrogen (secondary N) is 1. The Kier molecular flexibility index (Phi) is 3.97. The lowest BCUT2D eigenvalue weighted by atomic mass is 9.88. The second-order valence-electron chi connectivity index (χ2n) is 4.30. The molecule has 1 unspecified atom stereocenters. The molecular weight excluding hydrogens is 270 g/mol. The third-order valence-electron chi connectivity index (χ3n) is 2.83. The summed E-state index contributed by atoms with van der Waals surface area (Å²) in [5, 5.41) is 12.3. The van der Waals surface area contributed by atoms with Crippen LogP contribution < -0.4 is 5.32 Å². The van der Waals surface area contributed by atoms with E-state index in [1.165, 1.54) is 0 Å². The molecule has 1 rings (SSSR count). The van der Waals surface area contributed by atoms with Crippen LogP contribution in [0, 0.1) is 5.92 Å². The normalized spacial score (nSPS) is 14.6. The summed E-state index contributed by atoms with van der Waals surface area (Å²) in [4.78, 5) is 11.3. The zero-order valence-electron chi connectivity index (χ0n) is 9.62. The topological polar surface area (TPSA) is 49.3 Å².